The number of amides is 1. The predicted molar refractivity (Wildman–Crippen MR) is 96.6 cm³/mol. The first-order valence-electron chi connectivity index (χ1n) is 8.58. The molecular weight excluding hydrogens is 338 g/mol. The van der Waals surface area contributed by atoms with Crippen molar-refractivity contribution >= 4 is 11.6 Å². The Labute approximate surface area is 152 Å². The number of benzene rings is 2. The van der Waals surface area contributed by atoms with Crippen LogP contribution in [-0.4, -0.2) is 44.6 Å². The van der Waals surface area contributed by atoms with Crippen LogP contribution in [0, 0.1) is 17.6 Å². The summed E-state index contributed by atoms with van der Waals surface area (Å²) in [6.07, 6.45) is 0.940. The first-order valence-corrected chi connectivity index (χ1v) is 8.58. The van der Waals surface area contributed by atoms with Gasteiger partial charge in [0.1, 0.15) is 11.3 Å². The van der Waals surface area contributed by atoms with Crippen molar-refractivity contribution in [2.24, 2.45) is 5.92 Å². The van der Waals surface area contributed by atoms with Crippen LogP contribution in [0.3, 0.4) is 0 Å². The van der Waals surface area contributed by atoms with Crippen LogP contribution in [0.25, 0.3) is 0 Å². The van der Waals surface area contributed by atoms with Crippen molar-refractivity contribution in [3.05, 3.63) is 59.7 Å². The van der Waals surface area contributed by atoms with Gasteiger partial charge in [0.15, 0.2) is 11.6 Å². The molecule has 3 rings (SSSR count). The van der Waals surface area contributed by atoms with Crippen LogP contribution in [0.15, 0.2) is 42.5 Å². The lowest BCUT2D eigenvalue weighted by Gasteiger charge is -2.23. The van der Waals surface area contributed by atoms with Gasteiger partial charge in [-0.2, -0.15) is 0 Å². The molecule has 1 saturated heterocycles. The summed E-state index contributed by atoms with van der Waals surface area (Å²) in [5.41, 5.74) is 0.801. The lowest BCUT2D eigenvalue weighted by atomic mass is 10.1. The van der Waals surface area contributed by atoms with Crippen LogP contribution in [-0.2, 0) is 0 Å². The molecule has 2 aromatic rings. The van der Waals surface area contributed by atoms with Gasteiger partial charge in [-0.05, 0) is 36.6 Å². The van der Waals surface area contributed by atoms with E-state index in [2.05, 4.69) is 17.0 Å². The molecule has 1 aliphatic heterocycles. The zero-order chi connectivity index (χ0) is 18.7. The van der Waals surface area contributed by atoms with Gasteiger partial charge in [-0.3, -0.25) is 4.79 Å². The molecule has 1 atom stereocenters. The molecule has 0 unspecified atom stereocenters. The molecule has 6 heteroatoms. The molecule has 0 bridgehead atoms. The smallest absolute Gasteiger partial charge is 0.260 e. The van der Waals surface area contributed by atoms with Gasteiger partial charge in [-0.1, -0.05) is 18.2 Å². The van der Waals surface area contributed by atoms with E-state index < -0.39 is 17.5 Å². The molecule has 0 aromatic heterocycles. The maximum absolute atomic E-state index is 14.1. The Hall–Kier alpha value is -2.63. The molecule has 1 heterocycles. The van der Waals surface area contributed by atoms with E-state index >= 15 is 0 Å². The third kappa shape index (κ3) is 3.64. The molecule has 1 amide bonds. The number of hydrogen-bond acceptors (Lipinski definition) is 3. The number of carbonyl (C=O) groups excluding carboxylic acids is 1. The third-order valence-electron chi connectivity index (χ3n) is 4.78. The lowest BCUT2D eigenvalue weighted by molar-refractivity contribution is 0.0767. The molecule has 0 aliphatic carbocycles. The minimum Gasteiger partial charge on any atom is -0.496 e. The Morgan fingerprint density at radius 2 is 1.96 bits per heavy atom. The Morgan fingerprint density at radius 1 is 1.23 bits per heavy atom. The second kappa shape index (κ2) is 7.72. The molecule has 1 fully saturated rings. The zero-order valence-electron chi connectivity index (χ0n) is 14.9. The minimum atomic E-state index is -1.17. The lowest BCUT2D eigenvalue weighted by Crippen LogP contribution is -2.34. The van der Waals surface area contributed by atoms with Crippen molar-refractivity contribution in [3.63, 3.8) is 0 Å². The highest BCUT2D eigenvalue weighted by atomic mass is 19.2. The summed E-state index contributed by atoms with van der Waals surface area (Å²) in [6, 6.07) is 12.3. The molecule has 0 spiro atoms. The van der Waals surface area contributed by atoms with Crippen molar-refractivity contribution in [3.8, 4) is 5.75 Å². The molecule has 26 heavy (non-hydrogen) atoms. The van der Waals surface area contributed by atoms with Crippen LogP contribution >= 0.6 is 0 Å². The zero-order valence-corrected chi connectivity index (χ0v) is 14.9. The summed E-state index contributed by atoms with van der Waals surface area (Å²) in [5, 5.41) is 0. The van der Waals surface area contributed by atoms with Gasteiger partial charge in [0.05, 0.1) is 7.11 Å². The molecular formula is C20H22F2N2O2. The number of anilines is 1. The molecule has 2 aromatic carbocycles. The van der Waals surface area contributed by atoms with Crippen LogP contribution in [0.4, 0.5) is 14.5 Å². The van der Waals surface area contributed by atoms with Crippen molar-refractivity contribution in [2.45, 2.75) is 6.42 Å². The normalized spacial score (nSPS) is 16.6. The maximum Gasteiger partial charge on any atom is 0.260 e. The van der Waals surface area contributed by atoms with E-state index in [0.717, 1.165) is 31.3 Å². The van der Waals surface area contributed by atoms with Crippen molar-refractivity contribution in [1.29, 1.82) is 0 Å². The van der Waals surface area contributed by atoms with Crippen LogP contribution in [0.2, 0.25) is 0 Å². The summed E-state index contributed by atoms with van der Waals surface area (Å²) in [4.78, 5) is 16.4. The summed E-state index contributed by atoms with van der Waals surface area (Å²) >= 11 is 0. The number of ether oxygens (including phenoxy) is 1. The highest BCUT2D eigenvalue weighted by molar-refractivity contribution is 5.97. The van der Waals surface area contributed by atoms with Crippen LogP contribution in [0.1, 0.15) is 16.8 Å². The summed E-state index contributed by atoms with van der Waals surface area (Å²) in [5.74, 6) is -2.49. The van der Waals surface area contributed by atoms with E-state index in [0.29, 0.717) is 6.54 Å². The van der Waals surface area contributed by atoms with Gasteiger partial charge in [0, 0.05) is 32.4 Å². The Balaban J connectivity index is 1.68. The average Bonchev–Trinajstić information content (AvgIpc) is 3.12. The molecule has 0 radical (unpaired) electrons. The van der Waals surface area contributed by atoms with Crippen LogP contribution in [0.5, 0.6) is 5.75 Å². The van der Waals surface area contributed by atoms with Crippen molar-refractivity contribution in [2.75, 3.05) is 38.7 Å². The number of carbonyl (C=O) groups is 1. The third-order valence-corrected chi connectivity index (χ3v) is 4.78. The van der Waals surface area contributed by atoms with E-state index in [1.807, 2.05) is 18.2 Å². The van der Waals surface area contributed by atoms with Crippen molar-refractivity contribution in [1.82, 2.24) is 4.90 Å². The second-order valence-electron chi connectivity index (χ2n) is 6.56. The van der Waals surface area contributed by atoms with Gasteiger partial charge < -0.3 is 14.5 Å². The molecule has 4 nitrogen and oxygen atoms in total. The predicted octanol–water partition coefficient (Wildman–Crippen LogP) is 3.57. The summed E-state index contributed by atoms with van der Waals surface area (Å²) in [6.45, 7) is 2.21. The Morgan fingerprint density at radius 3 is 2.65 bits per heavy atom. The largest absolute Gasteiger partial charge is 0.496 e. The highest BCUT2D eigenvalue weighted by Crippen LogP contribution is 2.27. The van der Waals surface area contributed by atoms with Gasteiger partial charge in [-0.15, -0.1) is 0 Å². The number of halogens is 2. The maximum atomic E-state index is 14.1. The molecule has 138 valence electrons. The van der Waals surface area contributed by atoms with E-state index in [9.17, 15) is 13.6 Å². The molecule has 0 N–H and O–H groups in total. The topological polar surface area (TPSA) is 32.8 Å². The van der Waals surface area contributed by atoms with Gasteiger partial charge >= 0.3 is 0 Å². The van der Waals surface area contributed by atoms with E-state index in [-0.39, 0.29) is 17.2 Å². The standard InChI is InChI=1S/C20H22F2N2O2/c1-23(20(25)18-17(26-2)9-8-16(21)19(18)22)12-14-10-11-24(13-14)15-6-4-3-5-7-15/h3-9,14H,10-13H2,1-2H3/t14-/m0/s1. The Kier molecular flexibility index (Phi) is 5.40. The fraction of sp³-hybridized carbons (Fsp3) is 0.350. The monoisotopic (exact) mass is 360 g/mol. The fourth-order valence-corrected chi connectivity index (χ4v) is 3.42. The minimum absolute atomic E-state index is 0.0399. The van der Waals surface area contributed by atoms with E-state index in [1.165, 1.54) is 18.1 Å². The number of para-hydroxylation sites is 1. The molecule has 1 aliphatic rings. The first-order chi connectivity index (χ1) is 12.5. The highest BCUT2D eigenvalue weighted by Gasteiger charge is 2.28. The van der Waals surface area contributed by atoms with Gasteiger partial charge in [0.25, 0.3) is 5.91 Å². The summed E-state index contributed by atoms with van der Waals surface area (Å²) in [7, 11) is 2.94. The van der Waals surface area contributed by atoms with E-state index in [1.54, 1.807) is 7.05 Å². The quantitative estimate of drug-likeness (QED) is 0.817. The summed E-state index contributed by atoms with van der Waals surface area (Å²) < 4.78 is 32.7. The second-order valence-corrected chi connectivity index (χ2v) is 6.56. The number of hydrogen-bond donors (Lipinski definition) is 0. The average molecular weight is 360 g/mol. The van der Waals surface area contributed by atoms with Crippen LogP contribution < -0.4 is 9.64 Å². The fourth-order valence-electron chi connectivity index (χ4n) is 3.42. The van der Waals surface area contributed by atoms with Gasteiger partial charge in [-0.25, -0.2) is 8.78 Å². The van der Waals surface area contributed by atoms with Gasteiger partial charge in [0.2, 0.25) is 0 Å². The number of nitrogens with zero attached hydrogens (tertiary/aromatic N) is 2. The number of rotatable bonds is 5. The first kappa shape index (κ1) is 18.2. The Bertz CT molecular complexity index is 783. The SMILES string of the molecule is COc1ccc(F)c(F)c1C(=O)N(C)C[C@@H]1CCN(c2ccccc2)C1. The molecule has 0 saturated carbocycles. The van der Waals surface area contributed by atoms with E-state index in [4.69, 9.17) is 4.74 Å². The van der Waals surface area contributed by atoms with Crippen molar-refractivity contribution < 1.29 is 18.3 Å². The number of methoxy groups -OCH3 is 1.